The first-order valence-electron chi connectivity index (χ1n) is 6.57. The van der Waals surface area contributed by atoms with Crippen molar-refractivity contribution < 1.29 is 0 Å². The molecular formula is C15H17BrN2OS. The highest BCUT2D eigenvalue weighted by Gasteiger charge is 2.11. The number of nitrogens with one attached hydrogen (secondary N) is 1. The average molecular weight is 353 g/mol. The summed E-state index contributed by atoms with van der Waals surface area (Å²) in [6.45, 7) is 4.34. The minimum absolute atomic E-state index is 0.126. The number of halogens is 1. The van der Waals surface area contributed by atoms with Crippen molar-refractivity contribution in [2.45, 2.75) is 31.3 Å². The third kappa shape index (κ3) is 3.73. The third-order valence-electron chi connectivity index (χ3n) is 3.04. The van der Waals surface area contributed by atoms with Crippen molar-refractivity contribution >= 4 is 27.7 Å². The number of aromatic amines is 1. The minimum atomic E-state index is -0.126. The molecular weight excluding hydrogens is 336 g/mol. The molecule has 0 saturated carbocycles. The van der Waals surface area contributed by atoms with Crippen molar-refractivity contribution in [1.82, 2.24) is 9.97 Å². The SMILES string of the molecule is CCC(C)SCc1nc(-c2ccccc2)c(Br)c(=O)[nH]1. The number of nitrogens with zero attached hydrogens (tertiary/aromatic N) is 1. The molecule has 106 valence electrons. The monoisotopic (exact) mass is 352 g/mol. The molecule has 1 N–H and O–H groups in total. The molecule has 0 saturated heterocycles. The van der Waals surface area contributed by atoms with Crippen LogP contribution in [0.4, 0.5) is 0 Å². The fourth-order valence-electron chi connectivity index (χ4n) is 1.70. The largest absolute Gasteiger partial charge is 0.309 e. The molecule has 5 heteroatoms. The lowest BCUT2D eigenvalue weighted by molar-refractivity contribution is 0.899. The van der Waals surface area contributed by atoms with Crippen LogP contribution in [-0.4, -0.2) is 15.2 Å². The smallest absolute Gasteiger partial charge is 0.265 e. The second-order valence-electron chi connectivity index (χ2n) is 4.57. The summed E-state index contributed by atoms with van der Waals surface area (Å²) in [4.78, 5) is 19.4. The van der Waals surface area contributed by atoms with Gasteiger partial charge >= 0.3 is 0 Å². The van der Waals surface area contributed by atoms with Crippen LogP contribution in [0.1, 0.15) is 26.1 Å². The fraction of sp³-hybridized carbons (Fsp3) is 0.333. The van der Waals surface area contributed by atoms with Crippen LogP contribution >= 0.6 is 27.7 Å². The predicted molar refractivity (Wildman–Crippen MR) is 89.0 cm³/mol. The van der Waals surface area contributed by atoms with Gasteiger partial charge in [-0.15, -0.1) is 0 Å². The molecule has 1 aromatic carbocycles. The quantitative estimate of drug-likeness (QED) is 0.875. The molecule has 1 unspecified atom stereocenters. The molecule has 0 aliphatic heterocycles. The van der Waals surface area contributed by atoms with Crippen molar-refractivity contribution in [2.24, 2.45) is 0 Å². The maximum Gasteiger partial charge on any atom is 0.265 e. The van der Waals surface area contributed by atoms with Gasteiger partial charge in [0.2, 0.25) is 0 Å². The van der Waals surface area contributed by atoms with Crippen molar-refractivity contribution in [3.63, 3.8) is 0 Å². The van der Waals surface area contributed by atoms with Crippen LogP contribution in [0.25, 0.3) is 11.3 Å². The summed E-state index contributed by atoms with van der Waals surface area (Å²) in [7, 11) is 0. The zero-order chi connectivity index (χ0) is 14.5. The van der Waals surface area contributed by atoms with E-state index >= 15 is 0 Å². The summed E-state index contributed by atoms with van der Waals surface area (Å²) in [6, 6.07) is 9.75. The van der Waals surface area contributed by atoms with Gasteiger partial charge in [-0.25, -0.2) is 4.98 Å². The number of aromatic nitrogens is 2. The number of rotatable bonds is 5. The Kier molecular flexibility index (Phi) is 5.43. The number of benzene rings is 1. The Morgan fingerprint density at radius 3 is 2.70 bits per heavy atom. The van der Waals surface area contributed by atoms with Crippen molar-refractivity contribution in [3.8, 4) is 11.3 Å². The van der Waals surface area contributed by atoms with E-state index in [9.17, 15) is 4.79 Å². The van der Waals surface area contributed by atoms with Crippen LogP contribution in [0.5, 0.6) is 0 Å². The number of H-pyrrole nitrogens is 1. The van der Waals surface area contributed by atoms with Crippen molar-refractivity contribution in [1.29, 1.82) is 0 Å². The Balaban J connectivity index is 2.33. The van der Waals surface area contributed by atoms with Crippen LogP contribution in [0.3, 0.4) is 0 Å². The molecule has 0 bridgehead atoms. The van der Waals surface area contributed by atoms with E-state index in [4.69, 9.17) is 0 Å². The summed E-state index contributed by atoms with van der Waals surface area (Å²) in [6.07, 6.45) is 1.11. The van der Waals surface area contributed by atoms with Crippen molar-refractivity contribution in [2.75, 3.05) is 0 Å². The van der Waals surface area contributed by atoms with Gasteiger partial charge in [-0.2, -0.15) is 11.8 Å². The second-order valence-corrected chi connectivity index (χ2v) is 6.79. The fourth-order valence-corrected chi connectivity index (χ4v) is 2.93. The first kappa shape index (κ1) is 15.3. The minimum Gasteiger partial charge on any atom is -0.309 e. The zero-order valence-electron chi connectivity index (χ0n) is 11.5. The van der Waals surface area contributed by atoms with Gasteiger partial charge < -0.3 is 4.98 Å². The molecule has 1 aromatic heterocycles. The Morgan fingerprint density at radius 1 is 1.35 bits per heavy atom. The van der Waals surface area contributed by atoms with Gasteiger partial charge in [0, 0.05) is 10.8 Å². The lowest BCUT2D eigenvalue weighted by atomic mass is 10.1. The number of hydrogen-bond acceptors (Lipinski definition) is 3. The van der Waals surface area contributed by atoms with Crippen molar-refractivity contribution in [3.05, 3.63) is 51.0 Å². The van der Waals surface area contributed by atoms with E-state index in [1.54, 1.807) is 11.8 Å². The average Bonchev–Trinajstić information content (AvgIpc) is 2.48. The highest BCUT2D eigenvalue weighted by Crippen LogP contribution is 2.24. The third-order valence-corrected chi connectivity index (χ3v) is 5.12. The van der Waals surface area contributed by atoms with Gasteiger partial charge in [0.15, 0.2) is 0 Å². The Labute approximate surface area is 131 Å². The summed E-state index contributed by atoms with van der Waals surface area (Å²) < 4.78 is 0.487. The van der Waals surface area contributed by atoms with E-state index in [-0.39, 0.29) is 5.56 Å². The Bertz CT molecular complexity index is 628. The second kappa shape index (κ2) is 7.09. The summed E-state index contributed by atoms with van der Waals surface area (Å²) in [5.74, 6) is 1.44. The molecule has 0 aliphatic rings. The van der Waals surface area contributed by atoms with Crippen LogP contribution in [0, 0.1) is 0 Å². The van der Waals surface area contributed by atoms with E-state index in [1.165, 1.54) is 0 Å². The predicted octanol–water partition coefficient (Wildman–Crippen LogP) is 4.23. The van der Waals surface area contributed by atoms with Gasteiger partial charge in [0.05, 0.1) is 11.4 Å². The molecule has 2 aromatic rings. The topological polar surface area (TPSA) is 45.8 Å². The highest BCUT2D eigenvalue weighted by molar-refractivity contribution is 9.10. The molecule has 0 spiro atoms. The lowest BCUT2D eigenvalue weighted by Crippen LogP contribution is -2.14. The summed E-state index contributed by atoms with van der Waals surface area (Å²) in [5.41, 5.74) is 1.52. The van der Waals surface area contributed by atoms with Crippen LogP contribution < -0.4 is 5.56 Å². The van der Waals surface area contributed by atoms with E-state index in [0.29, 0.717) is 15.4 Å². The van der Waals surface area contributed by atoms with E-state index in [2.05, 4.69) is 39.7 Å². The highest BCUT2D eigenvalue weighted by atomic mass is 79.9. The van der Waals surface area contributed by atoms with Crippen LogP contribution in [-0.2, 0) is 5.75 Å². The number of hydrogen-bond donors (Lipinski definition) is 1. The summed E-state index contributed by atoms with van der Waals surface area (Å²) in [5, 5.41) is 0.559. The molecule has 20 heavy (non-hydrogen) atoms. The molecule has 1 heterocycles. The van der Waals surface area contributed by atoms with Gasteiger partial charge in [-0.3, -0.25) is 4.79 Å². The van der Waals surface area contributed by atoms with E-state index in [0.717, 1.165) is 23.6 Å². The molecule has 0 aliphatic carbocycles. The maximum absolute atomic E-state index is 12.0. The standard InChI is InChI=1S/C15H17BrN2OS/c1-3-10(2)20-9-12-17-14(13(16)15(19)18-12)11-7-5-4-6-8-11/h4-8,10H,3,9H2,1-2H3,(H,17,18,19). The normalized spacial score (nSPS) is 12.3. The van der Waals surface area contributed by atoms with Gasteiger partial charge in [-0.05, 0) is 22.4 Å². The van der Waals surface area contributed by atoms with E-state index < -0.39 is 0 Å². The Hall–Kier alpha value is -1.07. The summed E-state index contributed by atoms with van der Waals surface area (Å²) >= 11 is 5.13. The first-order chi connectivity index (χ1) is 9.61. The van der Waals surface area contributed by atoms with Crippen LogP contribution in [0.15, 0.2) is 39.6 Å². The maximum atomic E-state index is 12.0. The molecule has 1 atom stereocenters. The number of thioether (sulfide) groups is 1. The van der Waals surface area contributed by atoms with E-state index in [1.807, 2.05) is 30.3 Å². The molecule has 2 rings (SSSR count). The lowest BCUT2D eigenvalue weighted by Gasteiger charge is -2.09. The molecule has 0 radical (unpaired) electrons. The molecule has 3 nitrogen and oxygen atoms in total. The zero-order valence-corrected chi connectivity index (χ0v) is 13.9. The molecule has 0 fully saturated rings. The van der Waals surface area contributed by atoms with Gasteiger partial charge in [-0.1, -0.05) is 44.2 Å². The van der Waals surface area contributed by atoms with Crippen LogP contribution in [0.2, 0.25) is 0 Å². The first-order valence-corrected chi connectivity index (χ1v) is 8.41. The Morgan fingerprint density at radius 2 is 2.05 bits per heavy atom. The van der Waals surface area contributed by atoms with Gasteiger partial charge in [0.1, 0.15) is 10.3 Å². The van der Waals surface area contributed by atoms with Gasteiger partial charge in [0.25, 0.3) is 5.56 Å². The molecule has 0 amide bonds.